The number of nitrogens with zero attached hydrogens (tertiary/aromatic N) is 2. The Morgan fingerprint density at radius 1 is 1.08 bits per heavy atom. The number of benzene rings is 2. The summed E-state index contributed by atoms with van der Waals surface area (Å²) in [5.74, 6) is 0.529. The molecule has 0 spiro atoms. The molecule has 6 heteroatoms. The van der Waals surface area contributed by atoms with E-state index >= 15 is 0 Å². The van der Waals surface area contributed by atoms with Gasteiger partial charge < -0.3 is 4.74 Å². The Labute approximate surface area is 157 Å². The molecule has 0 bridgehead atoms. The third kappa shape index (κ3) is 5.13. The highest BCUT2D eigenvalue weighted by Crippen LogP contribution is 2.19. The first-order valence-corrected chi connectivity index (χ1v) is 9.47. The molecule has 0 fully saturated rings. The standard InChI is InChI=1S/C20H21N3O2S/c1-2-3-9-18-22-23-20(26-18)21-19(24)16-10-12-17(13-11-16)25-14-15-7-5-4-6-8-15/h4-8,10-13H,2-3,9,14H2,1H3,(H,21,23,24). The van der Waals surface area contributed by atoms with E-state index in [-0.39, 0.29) is 5.91 Å². The highest BCUT2D eigenvalue weighted by atomic mass is 32.1. The van der Waals surface area contributed by atoms with Crippen LogP contribution in [0.5, 0.6) is 5.75 Å². The molecule has 1 N–H and O–H groups in total. The molecule has 0 atom stereocenters. The summed E-state index contributed by atoms with van der Waals surface area (Å²) in [6.45, 7) is 2.63. The molecular formula is C20H21N3O2S. The number of rotatable bonds is 8. The zero-order valence-electron chi connectivity index (χ0n) is 14.6. The second-order valence-electron chi connectivity index (χ2n) is 5.86. The van der Waals surface area contributed by atoms with Crippen LogP contribution in [-0.2, 0) is 13.0 Å². The highest BCUT2D eigenvalue weighted by molar-refractivity contribution is 7.15. The minimum atomic E-state index is -0.196. The maximum absolute atomic E-state index is 12.3. The van der Waals surface area contributed by atoms with E-state index in [1.165, 1.54) is 11.3 Å². The monoisotopic (exact) mass is 367 g/mol. The molecule has 1 amide bonds. The van der Waals surface area contributed by atoms with Crippen molar-refractivity contribution in [1.82, 2.24) is 10.2 Å². The van der Waals surface area contributed by atoms with Crippen molar-refractivity contribution in [2.24, 2.45) is 0 Å². The van der Waals surface area contributed by atoms with Crippen molar-refractivity contribution in [3.63, 3.8) is 0 Å². The van der Waals surface area contributed by atoms with Crippen molar-refractivity contribution < 1.29 is 9.53 Å². The van der Waals surface area contributed by atoms with E-state index in [1.54, 1.807) is 24.3 Å². The van der Waals surface area contributed by atoms with E-state index in [0.29, 0.717) is 17.3 Å². The molecule has 5 nitrogen and oxygen atoms in total. The predicted octanol–water partition coefficient (Wildman–Crippen LogP) is 4.71. The van der Waals surface area contributed by atoms with Gasteiger partial charge in [0.05, 0.1) is 0 Å². The van der Waals surface area contributed by atoms with E-state index < -0.39 is 0 Å². The Balaban J connectivity index is 1.54. The Bertz CT molecular complexity index is 832. The molecule has 0 saturated carbocycles. The van der Waals surface area contributed by atoms with Gasteiger partial charge in [-0.1, -0.05) is 55.0 Å². The molecule has 0 unspecified atom stereocenters. The van der Waals surface area contributed by atoms with Gasteiger partial charge in [-0.05, 0) is 36.2 Å². The Kier molecular flexibility index (Phi) is 6.33. The van der Waals surface area contributed by atoms with Gasteiger partial charge >= 0.3 is 0 Å². The van der Waals surface area contributed by atoms with Crippen molar-refractivity contribution in [2.75, 3.05) is 5.32 Å². The second-order valence-corrected chi connectivity index (χ2v) is 6.92. The first-order valence-electron chi connectivity index (χ1n) is 8.65. The van der Waals surface area contributed by atoms with Gasteiger partial charge in [-0.25, -0.2) is 0 Å². The van der Waals surface area contributed by atoms with E-state index in [4.69, 9.17) is 4.74 Å². The lowest BCUT2D eigenvalue weighted by atomic mass is 10.2. The van der Waals surface area contributed by atoms with E-state index in [1.807, 2.05) is 30.3 Å². The summed E-state index contributed by atoms with van der Waals surface area (Å²) >= 11 is 1.43. The lowest BCUT2D eigenvalue weighted by Gasteiger charge is -2.07. The van der Waals surface area contributed by atoms with Gasteiger partial charge in [0.25, 0.3) is 5.91 Å². The SMILES string of the molecule is CCCCc1nnc(NC(=O)c2ccc(OCc3ccccc3)cc2)s1. The zero-order chi connectivity index (χ0) is 18.2. The van der Waals surface area contributed by atoms with Crippen LogP contribution >= 0.6 is 11.3 Å². The average molecular weight is 367 g/mol. The minimum absolute atomic E-state index is 0.196. The number of unbranched alkanes of at least 4 members (excludes halogenated alkanes) is 1. The number of aryl methyl sites for hydroxylation is 1. The van der Waals surface area contributed by atoms with Gasteiger partial charge in [-0.3, -0.25) is 10.1 Å². The van der Waals surface area contributed by atoms with E-state index in [0.717, 1.165) is 35.6 Å². The fraction of sp³-hybridized carbons (Fsp3) is 0.250. The summed E-state index contributed by atoms with van der Waals surface area (Å²) in [6, 6.07) is 17.0. The van der Waals surface area contributed by atoms with Crippen molar-refractivity contribution in [1.29, 1.82) is 0 Å². The van der Waals surface area contributed by atoms with Crippen LogP contribution < -0.4 is 10.1 Å². The molecule has 1 heterocycles. The maximum Gasteiger partial charge on any atom is 0.257 e. The number of anilines is 1. The first-order chi connectivity index (χ1) is 12.7. The third-order valence-corrected chi connectivity index (χ3v) is 4.69. The first kappa shape index (κ1) is 18.1. The molecule has 3 aromatic rings. The van der Waals surface area contributed by atoms with Crippen LogP contribution in [0.25, 0.3) is 0 Å². The van der Waals surface area contributed by atoms with E-state index in [2.05, 4.69) is 22.4 Å². The number of amides is 1. The zero-order valence-corrected chi connectivity index (χ0v) is 15.5. The summed E-state index contributed by atoms with van der Waals surface area (Å²) in [5.41, 5.74) is 1.66. The number of aromatic nitrogens is 2. The van der Waals surface area contributed by atoms with Crippen molar-refractivity contribution in [3.05, 3.63) is 70.7 Å². The highest BCUT2D eigenvalue weighted by Gasteiger charge is 2.10. The third-order valence-electron chi connectivity index (χ3n) is 3.80. The lowest BCUT2D eigenvalue weighted by molar-refractivity contribution is 0.102. The molecule has 0 aliphatic carbocycles. The van der Waals surface area contributed by atoms with Crippen LogP contribution in [0, 0.1) is 0 Å². The van der Waals surface area contributed by atoms with Crippen molar-refractivity contribution in [3.8, 4) is 5.75 Å². The van der Waals surface area contributed by atoms with Gasteiger partial charge in [0.2, 0.25) is 5.13 Å². The van der Waals surface area contributed by atoms with Gasteiger partial charge in [-0.2, -0.15) is 0 Å². The van der Waals surface area contributed by atoms with Gasteiger partial charge in [0, 0.05) is 12.0 Å². The molecule has 0 saturated heterocycles. The summed E-state index contributed by atoms with van der Waals surface area (Å²) in [7, 11) is 0. The van der Waals surface area contributed by atoms with E-state index in [9.17, 15) is 4.79 Å². The van der Waals surface area contributed by atoms with Crippen LogP contribution in [0.4, 0.5) is 5.13 Å². The van der Waals surface area contributed by atoms with Crippen LogP contribution in [0.2, 0.25) is 0 Å². The van der Waals surface area contributed by atoms with Crippen LogP contribution in [0.1, 0.15) is 40.7 Å². The average Bonchev–Trinajstić information content (AvgIpc) is 3.13. The smallest absolute Gasteiger partial charge is 0.257 e. The van der Waals surface area contributed by atoms with Gasteiger partial charge in [-0.15, -0.1) is 10.2 Å². The largest absolute Gasteiger partial charge is 0.489 e. The fourth-order valence-electron chi connectivity index (χ4n) is 2.35. The number of carbonyl (C=O) groups is 1. The van der Waals surface area contributed by atoms with Crippen LogP contribution in [-0.4, -0.2) is 16.1 Å². The van der Waals surface area contributed by atoms with Crippen molar-refractivity contribution in [2.45, 2.75) is 32.8 Å². The normalized spacial score (nSPS) is 10.5. The molecule has 2 aromatic carbocycles. The maximum atomic E-state index is 12.3. The molecule has 0 aliphatic heterocycles. The molecule has 26 heavy (non-hydrogen) atoms. The molecule has 0 aliphatic rings. The molecule has 0 radical (unpaired) electrons. The number of ether oxygens (including phenoxy) is 1. The Morgan fingerprint density at radius 2 is 1.85 bits per heavy atom. The van der Waals surface area contributed by atoms with Gasteiger partial charge in [0.15, 0.2) is 0 Å². The minimum Gasteiger partial charge on any atom is -0.489 e. The van der Waals surface area contributed by atoms with Crippen LogP contribution in [0.3, 0.4) is 0 Å². The number of hydrogen-bond acceptors (Lipinski definition) is 5. The summed E-state index contributed by atoms with van der Waals surface area (Å²) in [4.78, 5) is 12.3. The van der Waals surface area contributed by atoms with Crippen LogP contribution in [0.15, 0.2) is 54.6 Å². The fourth-order valence-corrected chi connectivity index (χ4v) is 3.12. The summed E-state index contributed by atoms with van der Waals surface area (Å²) < 4.78 is 5.73. The lowest BCUT2D eigenvalue weighted by Crippen LogP contribution is -2.11. The Morgan fingerprint density at radius 3 is 2.58 bits per heavy atom. The summed E-state index contributed by atoms with van der Waals surface area (Å²) in [6.07, 6.45) is 3.09. The molecule has 3 rings (SSSR count). The quantitative estimate of drug-likeness (QED) is 0.626. The summed E-state index contributed by atoms with van der Waals surface area (Å²) in [5, 5.41) is 12.4. The van der Waals surface area contributed by atoms with Gasteiger partial charge in [0.1, 0.15) is 17.4 Å². The second kappa shape index (κ2) is 9.10. The topological polar surface area (TPSA) is 64.1 Å². The number of nitrogens with one attached hydrogen (secondary N) is 1. The number of hydrogen-bond donors (Lipinski definition) is 1. The number of carbonyl (C=O) groups excluding carboxylic acids is 1. The Hall–Kier alpha value is -2.73. The predicted molar refractivity (Wildman–Crippen MR) is 104 cm³/mol. The van der Waals surface area contributed by atoms with Crippen molar-refractivity contribution >= 4 is 22.4 Å². The molecule has 134 valence electrons. The molecule has 1 aromatic heterocycles. The molecular weight excluding hydrogens is 346 g/mol.